The lowest BCUT2D eigenvalue weighted by atomic mass is 10.1. The number of carbonyl (C=O) groups is 2. The van der Waals surface area contributed by atoms with Gasteiger partial charge >= 0.3 is 12.1 Å². The van der Waals surface area contributed by atoms with Crippen molar-refractivity contribution in [3.05, 3.63) is 0 Å². The van der Waals surface area contributed by atoms with Gasteiger partial charge in [-0.1, -0.05) is 18.5 Å². The van der Waals surface area contributed by atoms with Gasteiger partial charge in [0.05, 0.1) is 5.92 Å². The minimum Gasteiger partial charge on any atom is -0.477 e. The van der Waals surface area contributed by atoms with Crippen LogP contribution >= 0.6 is 11.6 Å². The van der Waals surface area contributed by atoms with Crippen LogP contribution in [-0.4, -0.2) is 28.9 Å². The Labute approximate surface area is 73.2 Å². The van der Waals surface area contributed by atoms with Crippen LogP contribution in [0.15, 0.2) is 0 Å². The molecule has 2 atom stereocenters. The number of cyclic esters (lactones) is 2. The van der Waals surface area contributed by atoms with Crippen molar-refractivity contribution in [1.82, 2.24) is 0 Å². The van der Waals surface area contributed by atoms with E-state index in [-0.39, 0.29) is 6.61 Å². The molecule has 1 rings (SSSR count). The van der Waals surface area contributed by atoms with Gasteiger partial charge in [0.2, 0.25) is 0 Å². The van der Waals surface area contributed by atoms with E-state index in [1.54, 1.807) is 0 Å². The fourth-order valence-electron chi connectivity index (χ4n) is 0.806. The summed E-state index contributed by atoms with van der Waals surface area (Å²) in [7, 11) is 0. The highest BCUT2D eigenvalue weighted by Crippen LogP contribution is 2.31. The van der Waals surface area contributed by atoms with E-state index in [9.17, 15) is 9.59 Å². The summed E-state index contributed by atoms with van der Waals surface area (Å²) in [5.74, 6) is -1.96. The highest BCUT2D eigenvalue weighted by atomic mass is 35.5. The molecule has 1 saturated heterocycles. The summed E-state index contributed by atoms with van der Waals surface area (Å²) in [6, 6.07) is 0. The van der Waals surface area contributed by atoms with Crippen LogP contribution in [0.25, 0.3) is 0 Å². The second-order valence-corrected chi connectivity index (χ2v) is 3.08. The second kappa shape index (κ2) is 2.82. The van der Waals surface area contributed by atoms with E-state index in [0.717, 1.165) is 0 Å². The number of hydrogen-bond donors (Lipinski definition) is 1. The Morgan fingerprint density at radius 3 is 2.83 bits per heavy atom. The first-order chi connectivity index (χ1) is 5.47. The first-order valence-electron chi connectivity index (χ1n) is 3.25. The van der Waals surface area contributed by atoms with Crippen LogP contribution in [0, 0.1) is 5.92 Å². The molecule has 1 heterocycles. The Hall–Kier alpha value is -0.970. The number of alkyl halides is 1. The van der Waals surface area contributed by atoms with Crippen LogP contribution in [0.3, 0.4) is 0 Å². The molecule has 0 aliphatic carbocycles. The molecule has 0 aromatic heterocycles. The number of rotatable bonds is 1. The standard InChI is InChI=1S/C6H7ClO5/c1-3-2-11-5(10)12-6(3,7)4(8)9/h3H,2H2,1H3,(H,8,9). The van der Waals surface area contributed by atoms with Crippen molar-refractivity contribution in [3.8, 4) is 0 Å². The molecule has 6 heteroatoms. The maximum absolute atomic E-state index is 10.6. The SMILES string of the molecule is CC1COC(=O)OC1(Cl)C(=O)O. The van der Waals surface area contributed by atoms with E-state index in [1.165, 1.54) is 6.92 Å². The molecule has 1 fully saturated rings. The molecule has 0 bridgehead atoms. The van der Waals surface area contributed by atoms with Crippen molar-refractivity contribution in [2.24, 2.45) is 5.92 Å². The Morgan fingerprint density at radius 2 is 2.42 bits per heavy atom. The maximum atomic E-state index is 10.6. The average molecular weight is 195 g/mol. The molecule has 1 aliphatic heterocycles. The Bertz CT molecular complexity index is 228. The van der Waals surface area contributed by atoms with Crippen LogP contribution in [0.5, 0.6) is 0 Å². The third-order valence-corrected chi connectivity index (χ3v) is 2.22. The van der Waals surface area contributed by atoms with Gasteiger partial charge in [-0.2, -0.15) is 0 Å². The number of carboxylic acid groups (broad SMARTS) is 1. The summed E-state index contributed by atoms with van der Waals surface area (Å²) >= 11 is 5.53. The van der Waals surface area contributed by atoms with Crippen molar-refractivity contribution < 1.29 is 24.2 Å². The molecule has 5 nitrogen and oxygen atoms in total. The van der Waals surface area contributed by atoms with Gasteiger partial charge in [0.1, 0.15) is 6.61 Å². The first kappa shape index (κ1) is 9.12. The van der Waals surface area contributed by atoms with E-state index in [0.29, 0.717) is 0 Å². The van der Waals surface area contributed by atoms with Gasteiger partial charge in [-0.05, 0) is 0 Å². The van der Waals surface area contributed by atoms with Gasteiger partial charge in [0.15, 0.2) is 0 Å². The third kappa shape index (κ3) is 1.32. The molecule has 2 unspecified atom stereocenters. The Balaban J connectivity index is 2.85. The van der Waals surface area contributed by atoms with Crippen molar-refractivity contribution in [1.29, 1.82) is 0 Å². The quantitative estimate of drug-likeness (QED) is 0.494. The highest BCUT2D eigenvalue weighted by Gasteiger charge is 2.50. The number of carboxylic acids is 1. The zero-order chi connectivity index (χ0) is 9.35. The Morgan fingerprint density at radius 1 is 1.83 bits per heavy atom. The van der Waals surface area contributed by atoms with Gasteiger partial charge in [-0.3, -0.25) is 0 Å². The van der Waals surface area contributed by atoms with Gasteiger partial charge in [0, 0.05) is 0 Å². The third-order valence-electron chi connectivity index (χ3n) is 1.61. The van der Waals surface area contributed by atoms with Crippen LogP contribution in [0.4, 0.5) is 4.79 Å². The molecule has 1 N–H and O–H groups in total. The van der Waals surface area contributed by atoms with Crippen molar-refractivity contribution in [3.63, 3.8) is 0 Å². The fourth-order valence-corrected chi connectivity index (χ4v) is 0.932. The normalized spacial score (nSPS) is 35.2. The lowest BCUT2D eigenvalue weighted by molar-refractivity contribution is -0.164. The van der Waals surface area contributed by atoms with Crippen LogP contribution in [0.2, 0.25) is 0 Å². The van der Waals surface area contributed by atoms with Gasteiger partial charge in [0.25, 0.3) is 5.06 Å². The molecule has 12 heavy (non-hydrogen) atoms. The van der Waals surface area contributed by atoms with Crippen LogP contribution < -0.4 is 0 Å². The fraction of sp³-hybridized carbons (Fsp3) is 0.667. The summed E-state index contributed by atoms with van der Waals surface area (Å²) in [5.41, 5.74) is 0. The van der Waals surface area contributed by atoms with Gasteiger partial charge in [-0.25, -0.2) is 9.59 Å². The zero-order valence-corrected chi connectivity index (χ0v) is 7.00. The van der Waals surface area contributed by atoms with E-state index in [2.05, 4.69) is 9.47 Å². The molecule has 0 amide bonds. The van der Waals surface area contributed by atoms with E-state index >= 15 is 0 Å². The summed E-state index contributed by atoms with van der Waals surface area (Å²) in [6.45, 7) is 1.47. The molecular formula is C6H7ClO5. The Kier molecular flexibility index (Phi) is 2.14. The molecule has 68 valence electrons. The predicted octanol–water partition coefficient (Wildman–Crippen LogP) is 0.809. The largest absolute Gasteiger partial charge is 0.510 e. The highest BCUT2D eigenvalue weighted by molar-refractivity contribution is 6.33. The van der Waals surface area contributed by atoms with Crippen LogP contribution in [0.1, 0.15) is 6.92 Å². The smallest absolute Gasteiger partial charge is 0.477 e. The average Bonchev–Trinajstić information content (AvgIpc) is 1.97. The molecule has 0 aromatic carbocycles. The van der Waals surface area contributed by atoms with E-state index in [4.69, 9.17) is 16.7 Å². The number of carbonyl (C=O) groups excluding carboxylic acids is 1. The van der Waals surface area contributed by atoms with Crippen molar-refractivity contribution >= 4 is 23.7 Å². The minimum absolute atomic E-state index is 0.0470. The molecule has 0 radical (unpaired) electrons. The maximum Gasteiger partial charge on any atom is 0.510 e. The van der Waals surface area contributed by atoms with E-state index < -0.39 is 23.1 Å². The lowest BCUT2D eigenvalue weighted by Gasteiger charge is -2.31. The molecular weight excluding hydrogens is 188 g/mol. The van der Waals surface area contributed by atoms with Gasteiger partial charge < -0.3 is 14.6 Å². The van der Waals surface area contributed by atoms with Crippen molar-refractivity contribution in [2.75, 3.05) is 6.61 Å². The molecule has 0 aromatic rings. The summed E-state index contributed by atoms with van der Waals surface area (Å²) in [5, 5.41) is 6.64. The molecule has 0 saturated carbocycles. The number of ether oxygens (including phenoxy) is 2. The monoisotopic (exact) mass is 194 g/mol. The number of aliphatic carboxylic acids is 1. The van der Waals surface area contributed by atoms with Gasteiger partial charge in [-0.15, -0.1) is 0 Å². The number of hydrogen-bond acceptors (Lipinski definition) is 4. The molecule has 0 spiro atoms. The first-order valence-corrected chi connectivity index (χ1v) is 3.62. The van der Waals surface area contributed by atoms with Crippen LogP contribution in [-0.2, 0) is 14.3 Å². The summed E-state index contributed by atoms with van der Waals surface area (Å²) in [4.78, 5) is 21.1. The summed E-state index contributed by atoms with van der Waals surface area (Å²) < 4.78 is 8.78. The van der Waals surface area contributed by atoms with Crippen molar-refractivity contribution in [2.45, 2.75) is 12.0 Å². The minimum atomic E-state index is -1.98. The topological polar surface area (TPSA) is 72.8 Å². The molecule has 1 aliphatic rings. The lowest BCUT2D eigenvalue weighted by Crippen LogP contribution is -2.49. The number of halogens is 1. The summed E-state index contributed by atoms with van der Waals surface area (Å²) in [6.07, 6.45) is -1.05. The zero-order valence-electron chi connectivity index (χ0n) is 6.24. The predicted molar refractivity (Wildman–Crippen MR) is 37.8 cm³/mol. The second-order valence-electron chi connectivity index (χ2n) is 2.51. The van der Waals surface area contributed by atoms with E-state index in [1.807, 2.05) is 0 Å².